The first kappa shape index (κ1) is 17.8. The molecule has 0 radical (unpaired) electrons. The smallest absolute Gasteiger partial charge is 0.246 e. The van der Waals surface area contributed by atoms with E-state index in [1.165, 1.54) is 6.07 Å². The maximum Gasteiger partial charge on any atom is 0.246 e. The van der Waals surface area contributed by atoms with Crippen molar-refractivity contribution < 1.29 is 18.3 Å². The highest BCUT2D eigenvalue weighted by Gasteiger charge is 2.37. The third-order valence-electron chi connectivity index (χ3n) is 4.17. The summed E-state index contributed by atoms with van der Waals surface area (Å²) in [6.45, 7) is 7.21. The van der Waals surface area contributed by atoms with Crippen LogP contribution in [0.15, 0.2) is 18.2 Å². The number of halogens is 2. The van der Waals surface area contributed by atoms with Crippen molar-refractivity contribution in [1.29, 1.82) is 0 Å². The Morgan fingerprint density at radius 2 is 2.13 bits per heavy atom. The van der Waals surface area contributed by atoms with Crippen LogP contribution in [0.5, 0.6) is 0 Å². The minimum absolute atomic E-state index is 0.0131. The van der Waals surface area contributed by atoms with Gasteiger partial charge in [-0.3, -0.25) is 9.69 Å². The molecule has 1 amide bonds. The molecule has 1 aliphatic rings. The molecule has 1 aromatic carbocycles. The van der Waals surface area contributed by atoms with E-state index in [1.807, 2.05) is 6.92 Å². The molecule has 0 bridgehead atoms. The predicted octanol–water partition coefficient (Wildman–Crippen LogP) is 2.64. The van der Waals surface area contributed by atoms with E-state index in [-0.39, 0.29) is 30.6 Å². The molecule has 1 saturated heterocycles. The number of hydrogen-bond donors (Lipinski definition) is 1. The van der Waals surface area contributed by atoms with E-state index >= 15 is 0 Å². The Morgan fingerprint density at radius 3 is 2.74 bits per heavy atom. The van der Waals surface area contributed by atoms with Crippen LogP contribution in [0.4, 0.5) is 8.78 Å². The summed E-state index contributed by atoms with van der Waals surface area (Å²) < 4.78 is 31.9. The van der Waals surface area contributed by atoms with Crippen LogP contribution in [-0.4, -0.2) is 42.6 Å². The third-order valence-corrected chi connectivity index (χ3v) is 4.17. The van der Waals surface area contributed by atoms with Gasteiger partial charge in [-0.25, -0.2) is 8.78 Å². The van der Waals surface area contributed by atoms with E-state index in [0.29, 0.717) is 12.2 Å². The fourth-order valence-electron chi connectivity index (χ4n) is 3.11. The van der Waals surface area contributed by atoms with Crippen molar-refractivity contribution in [2.75, 3.05) is 19.8 Å². The largest absolute Gasteiger partial charge is 0.372 e. The molecule has 0 spiro atoms. The number of nitrogens with zero attached hydrogens (tertiary/aromatic N) is 1. The highest BCUT2D eigenvalue weighted by molar-refractivity contribution is 5.77. The SMILES string of the molecule is CCOCC(=O)N[C@H]1CCN(C(C)C)[C@H]1c1ccc(F)c(F)c1. The Balaban J connectivity index is 2.20. The number of hydrogen-bond acceptors (Lipinski definition) is 3. The van der Waals surface area contributed by atoms with Gasteiger partial charge in [0, 0.05) is 25.2 Å². The molecule has 1 aromatic rings. The Labute approximate surface area is 135 Å². The highest BCUT2D eigenvalue weighted by Crippen LogP contribution is 2.34. The molecule has 128 valence electrons. The summed E-state index contributed by atoms with van der Waals surface area (Å²) in [5.41, 5.74) is 0.678. The first-order chi connectivity index (χ1) is 10.9. The Kier molecular flexibility index (Phi) is 6.07. The molecule has 2 atom stereocenters. The molecular formula is C17H24F2N2O2. The number of nitrogens with one attached hydrogen (secondary N) is 1. The van der Waals surface area contributed by atoms with Crippen molar-refractivity contribution in [1.82, 2.24) is 10.2 Å². The van der Waals surface area contributed by atoms with Gasteiger partial charge in [0.25, 0.3) is 0 Å². The monoisotopic (exact) mass is 326 g/mol. The Bertz CT molecular complexity index is 551. The second-order valence-electron chi connectivity index (χ2n) is 6.05. The first-order valence-electron chi connectivity index (χ1n) is 8.01. The minimum atomic E-state index is -0.863. The lowest BCUT2D eigenvalue weighted by molar-refractivity contribution is -0.126. The van der Waals surface area contributed by atoms with Gasteiger partial charge >= 0.3 is 0 Å². The molecule has 1 fully saturated rings. The van der Waals surface area contributed by atoms with E-state index in [0.717, 1.165) is 19.0 Å². The number of likely N-dealkylation sites (tertiary alicyclic amines) is 1. The van der Waals surface area contributed by atoms with Crippen LogP contribution >= 0.6 is 0 Å². The second-order valence-corrected chi connectivity index (χ2v) is 6.05. The number of rotatable bonds is 6. The molecule has 0 aromatic heterocycles. The van der Waals surface area contributed by atoms with Gasteiger partial charge in [-0.15, -0.1) is 0 Å². The van der Waals surface area contributed by atoms with Crippen LogP contribution in [0.1, 0.15) is 38.8 Å². The van der Waals surface area contributed by atoms with Gasteiger partial charge in [-0.1, -0.05) is 6.07 Å². The number of amides is 1. The standard InChI is InChI=1S/C17H24F2N2O2/c1-4-23-10-16(22)20-15-7-8-21(11(2)3)17(15)12-5-6-13(18)14(19)9-12/h5-6,9,11,15,17H,4,7-8,10H2,1-3H3,(H,20,22)/t15-,17-/m0/s1. The van der Waals surface area contributed by atoms with Crippen LogP contribution in [0.2, 0.25) is 0 Å². The minimum Gasteiger partial charge on any atom is -0.372 e. The molecule has 0 unspecified atom stereocenters. The van der Waals surface area contributed by atoms with Crippen LogP contribution < -0.4 is 5.32 Å². The predicted molar refractivity (Wildman–Crippen MR) is 84.0 cm³/mol. The molecule has 0 aliphatic carbocycles. The number of carbonyl (C=O) groups excluding carboxylic acids is 1. The fourth-order valence-corrected chi connectivity index (χ4v) is 3.11. The topological polar surface area (TPSA) is 41.6 Å². The summed E-state index contributed by atoms with van der Waals surface area (Å²) in [7, 11) is 0. The normalized spacial score (nSPS) is 21.8. The fraction of sp³-hybridized carbons (Fsp3) is 0.588. The zero-order valence-corrected chi connectivity index (χ0v) is 13.8. The third kappa shape index (κ3) is 4.26. The molecule has 1 N–H and O–H groups in total. The average Bonchev–Trinajstić information content (AvgIpc) is 2.91. The average molecular weight is 326 g/mol. The van der Waals surface area contributed by atoms with Gasteiger partial charge in [0.15, 0.2) is 11.6 Å². The molecule has 4 nitrogen and oxygen atoms in total. The Morgan fingerprint density at radius 1 is 1.39 bits per heavy atom. The summed E-state index contributed by atoms with van der Waals surface area (Å²) in [6, 6.07) is 3.88. The molecule has 6 heteroatoms. The van der Waals surface area contributed by atoms with Gasteiger partial charge < -0.3 is 10.1 Å². The van der Waals surface area contributed by atoms with Crippen LogP contribution in [0.25, 0.3) is 0 Å². The molecule has 23 heavy (non-hydrogen) atoms. The van der Waals surface area contributed by atoms with E-state index in [2.05, 4.69) is 24.1 Å². The summed E-state index contributed by atoms with van der Waals surface area (Å²) in [5, 5.41) is 2.96. The lowest BCUT2D eigenvalue weighted by atomic mass is 9.99. The maximum atomic E-state index is 13.6. The van der Waals surface area contributed by atoms with Crippen molar-refractivity contribution >= 4 is 5.91 Å². The van der Waals surface area contributed by atoms with E-state index in [1.54, 1.807) is 6.07 Å². The van der Waals surface area contributed by atoms with Crippen molar-refractivity contribution in [2.45, 2.75) is 45.3 Å². The molecule has 0 saturated carbocycles. The van der Waals surface area contributed by atoms with Gasteiger partial charge in [-0.2, -0.15) is 0 Å². The van der Waals surface area contributed by atoms with Gasteiger partial charge in [-0.05, 0) is 44.9 Å². The van der Waals surface area contributed by atoms with Gasteiger partial charge in [0.05, 0.1) is 6.04 Å². The lowest BCUT2D eigenvalue weighted by Gasteiger charge is -2.32. The zero-order chi connectivity index (χ0) is 17.0. The highest BCUT2D eigenvalue weighted by atomic mass is 19.2. The summed E-state index contributed by atoms with van der Waals surface area (Å²) in [6.07, 6.45) is 0.764. The second kappa shape index (κ2) is 7.84. The Hall–Kier alpha value is -1.53. The van der Waals surface area contributed by atoms with Crippen LogP contribution in [0.3, 0.4) is 0 Å². The van der Waals surface area contributed by atoms with Crippen LogP contribution in [0, 0.1) is 11.6 Å². The van der Waals surface area contributed by atoms with Crippen LogP contribution in [-0.2, 0) is 9.53 Å². The van der Waals surface area contributed by atoms with Crippen molar-refractivity contribution in [3.63, 3.8) is 0 Å². The molecule has 2 rings (SSSR count). The summed E-state index contributed by atoms with van der Waals surface area (Å²) >= 11 is 0. The number of benzene rings is 1. The van der Waals surface area contributed by atoms with Gasteiger partial charge in [0.2, 0.25) is 5.91 Å². The van der Waals surface area contributed by atoms with E-state index in [9.17, 15) is 13.6 Å². The zero-order valence-electron chi connectivity index (χ0n) is 13.8. The molecule has 1 heterocycles. The van der Waals surface area contributed by atoms with Gasteiger partial charge in [0.1, 0.15) is 6.61 Å². The lowest BCUT2D eigenvalue weighted by Crippen LogP contribution is -2.42. The van der Waals surface area contributed by atoms with Crippen molar-refractivity contribution in [2.24, 2.45) is 0 Å². The van der Waals surface area contributed by atoms with Crippen molar-refractivity contribution in [3.8, 4) is 0 Å². The van der Waals surface area contributed by atoms with E-state index < -0.39 is 11.6 Å². The van der Waals surface area contributed by atoms with Crippen molar-refractivity contribution in [3.05, 3.63) is 35.4 Å². The number of carbonyl (C=O) groups is 1. The van der Waals surface area contributed by atoms with E-state index in [4.69, 9.17) is 4.74 Å². The summed E-state index contributed by atoms with van der Waals surface area (Å²) in [5.74, 6) is -1.91. The summed E-state index contributed by atoms with van der Waals surface area (Å²) in [4.78, 5) is 14.1. The molecular weight excluding hydrogens is 302 g/mol. The molecule has 1 aliphatic heterocycles. The number of ether oxygens (including phenoxy) is 1. The first-order valence-corrected chi connectivity index (χ1v) is 8.01. The quantitative estimate of drug-likeness (QED) is 0.874. The maximum absolute atomic E-state index is 13.6.